The number of hydrogen-bond acceptors (Lipinski definition) is 22. The number of ether oxygens (including phenoxy) is 4. The van der Waals surface area contributed by atoms with Crippen LogP contribution in [0.2, 0.25) is 0 Å². The van der Waals surface area contributed by atoms with Crippen LogP contribution in [0.25, 0.3) is 41.8 Å². The highest BCUT2D eigenvalue weighted by molar-refractivity contribution is 7.21. The number of nitrogens with zero attached hydrogens (tertiary/aromatic N) is 10. The lowest BCUT2D eigenvalue weighted by atomic mass is 10.1. The molecule has 10 heterocycles. The fourth-order valence-corrected chi connectivity index (χ4v) is 14.0. The number of aromatic nitrogens is 8. The molecule has 0 bridgehead atoms. The van der Waals surface area contributed by atoms with E-state index in [1.807, 2.05) is 109 Å². The van der Waals surface area contributed by atoms with Crippen LogP contribution in [0.5, 0.6) is 0 Å². The number of aryl methyl sites for hydroxylation is 2. The van der Waals surface area contributed by atoms with Gasteiger partial charge in [0.1, 0.15) is 76.6 Å². The van der Waals surface area contributed by atoms with E-state index >= 15 is 0 Å². The molecule has 4 aliphatic rings. The molecule has 4 amide bonds. The first-order chi connectivity index (χ1) is 48.3. The van der Waals surface area contributed by atoms with Crippen LogP contribution >= 0.6 is 22.7 Å². The molecule has 0 atom stereocenters. The van der Waals surface area contributed by atoms with Crippen LogP contribution in [-0.4, -0.2) is 162 Å². The average molecular weight is 1420 g/mol. The number of thiazole rings is 2. The number of anilines is 4. The highest BCUT2D eigenvalue weighted by atomic mass is 32.1. The lowest BCUT2D eigenvalue weighted by molar-refractivity contribution is -0.0171. The number of fused-ring (bicyclic) bond motifs is 2. The van der Waals surface area contributed by atoms with Gasteiger partial charge < -0.3 is 60.6 Å². The lowest BCUT2D eigenvalue weighted by Crippen LogP contribution is -2.44. The Morgan fingerprint density at radius 3 is 1.37 bits per heavy atom. The Morgan fingerprint density at radius 2 is 0.931 bits per heavy atom. The maximum Gasteiger partial charge on any atom is 0.410 e. The van der Waals surface area contributed by atoms with Gasteiger partial charge in [0.2, 0.25) is 0 Å². The van der Waals surface area contributed by atoms with Crippen LogP contribution in [0.3, 0.4) is 0 Å². The summed E-state index contributed by atoms with van der Waals surface area (Å²) < 4.78 is 23.4. The molecule has 6 N–H and O–H groups in total. The zero-order chi connectivity index (χ0) is 70.2. The second kappa shape index (κ2) is 35.5. The molecule has 12 rings (SSSR count). The number of unbranched alkanes of at least 4 members (excludes halogenated alkanes) is 2. The zero-order valence-corrected chi connectivity index (χ0v) is 60.6. The third kappa shape index (κ3) is 21.8. The highest BCUT2D eigenvalue weighted by Crippen LogP contribution is 2.37. The molecule has 4 fully saturated rings. The zero-order valence-electron chi connectivity index (χ0n) is 58.9. The molecule has 0 saturated carbocycles. The second-order valence-electron chi connectivity index (χ2n) is 28.0. The molecule has 101 heavy (non-hydrogen) atoms. The SMILES string of the molecule is C.CCCCc1nc(NC2CCN(C(=O)OC(C)(C)C)CC2)cc(C(=O)Nc2ccccc2-c2nc3cc(COC4CCN(C(=O)OC(C)(C)C)CC4)cnc3s2)n1.CCCCc1nc(NC2CCNCC2)cc(C(=O)Nc2ccccc2-c2nc3cc(COC4CCNCC4)cnc3s2)n1. The standard InChI is InChI=1S/C42H56N8O6S.C32H40N8O2S.CH4/c1-8-9-14-34-45-32(24-35(48-34)44-28-15-19-49(20-16-28)39(52)55-41(2,3)4)36(51)46-31-13-11-10-12-30(31)37-47-33-23-27(25-43-38(33)57-37)26-54-29-17-21-50(22-18-29)40(53)56-42(5,6)7;1-2-3-8-28-37-26(18-29(40-28)36-22-9-13-33-14-10-22)30(41)38-25-7-5-4-6-24(25)31-39-27-17-21(19-35-32(27)43-31)20-42-23-11-15-34-16-12-23;/h10-13,23-25,28-29H,8-9,14-22,26H2,1-7H3,(H,46,51)(H,44,45,48);4-7,17-19,22-23,33-34H,2-3,8-16,20H2,1H3,(H,38,41)(H,36,37,40);1H4. The van der Waals surface area contributed by atoms with E-state index in [1.54, 1.807) is 21.9 Å². The van der Waals surface area contributed by atoms with Gasteiger partial charge in [0, 0.05) is 86.8 Å². The quantitative estimate of drug-likeness (QED) is 0.0368. The van der Waals surface area contributed by atoms with E-state index in [0.717, 1.165) is 163 Å². The number of para-hydroxylation sites is 2. The molecule has 0 aliphatic carbocycles. The fraction of sp³-hybridized carbons (Fsp3) is 0.520. The van der Waals surface area contributed by atoms with Gasteiger partial charge in [-0.2, -0.15) is 0 Å². The summed E-state index contributed by atoms with van der Waals surface area (Å²) in [7, 11) is 0. The number of pyridine rings is 2. The highest BCUT2D eigenvalue weighted by Gasteiger charge is 2.30. The van der Waals surface area contributed by atoms with E-state index in [9.17, 15) is 19.2 Å². The molecule has 0 radical (unpaired) electrons. The Kier molecular flexibility index (Phi) is 26.4. The lowest BCUT2D eigenvalue weighted by Gasteiger charge is -2.34. The Hall–Kier alpha value is -8.40. The Bertz CT molecular complexity index is 4070. The topological polar surface area (TPSA) is 287 Å². The van der Waals surface area contributed by atoms with E-state index in [4.69, 9.17) is 38.9 Å². The largest absolute Gasteiger partial charge is 0.444 e. The normalized spacial score (nSPS) is 15.9. The number of amides is 4. The van der Waals surface area contributed by atoms with Gasteiger partial charge in [0.25, 0.3) is 11.8 Å². The van der Waals surface area contributed by atoms with Crippen molar-refractivity contribution in [2.24, 2.45) is 0 Å². The maximum absolute atomic E-state index is 13.9. The number of benzene rings is 2. The van der Waals surface area contributed by atoms with Gasteiger partial charge in [-0.1, -0.05) is 81.1 Å². The van der Waals surface area contributed by atoms with Gasteiger partial charge in [-0.25, -0.2) is 49.5 Å². The molecule has 24 nitrogen and oxygen atoms in total. The summed E-state index contributed by atoms with van der Waals surface area (Å²) in [5.41, 5.74) is 5.99. The number of hydrogen-bond donors (Lipinski definition) is 6. The molecule has 0 spiro atoms. The van der Waals surface area contributed by atoms with Crippen molar-refractivity contribution in [1.82, 2.24) is 60.3 Å². The van der Waals surface area contributed by atoms with E-state index in [1.165, 1.54) is 22.7 Å². The van der Waals surface area contributed by atoms with Gasteiger partial charge in [-0.05, 0) is 179 Å². The number of carbonyl (C=O) groups is 4. The summed E-state index contributed by atoms with van der Waals surface area (Å²) in [5.74, 6) is 1.99. The van der Waals surface area contributed by atoms with Crippen molar-refractivity contribution in [2.45, 2.75) is 201 Å². The van der Waals surface area contributed by atoms with Crippen molar-refractivity contribution >= 4 is 90.4 Å². The fourth-order valence-electron chi connectivity index (χ4n) is 12.2. The number of carbonyl (C=O) groups excluding carboxylic acids is 4. The minimum atomic E-state index is -0.543. The monoisotopic (exact) mass is 1420 g/mol. The molecule has 4 aliphatic heterocycles. The maximum atomic E-state index is 13.9. The summed E-state index contributed by atoms with van der Waals surface area (Å²) >= 11 is 2.97. The number of piperidine rings is 4. The molecule has 8 aromatic rings. The molecule has 0 unspecified atom stereocenters. The first-order valence-electron chi connectivity index (χ1n) is 35.5. The first-order valence-corrected chi connectivity index (χ1v) is 37.1. The third-order valence-electron chi connectivity index (χ3n) is 17.5. The van der Waals surface area contributed by atoms with Crippen molar-refractivity contribution in [1.29, 1.82) is 0 Å². The Balaban J connectivity index is 0.000000224. The first kappa shape index (κ1) is 75.3. The molecule has 26 heteroatoms. The van der Waals surface area contributed by atoms with Crippen molar-refractivity contribution < 1.29 is 38.1 Å². The Labute approximate surface area is 601 Å². The minimum Gasteiger partial charge on any atom is -0.444 e. The number of nitrogens with one attached hydrogen (secondary N) is 6. The molecule has 6 aromatic heterocycles. The van der Waals surface area contributed by atoms with Crippen LogP contribution < -0.4 is 31.9 Å². The van der Waals surface area contributed by atoms with Crippen molar-refractivity contribution in [3.8, 4) is 21.1 Å². The van der Waals surface area contributed by atoms with Crippen LogP contribution in [0.15, 0.2) is 85.2 Å². The molecule has 2 aromatic carbocycles. The van der Waals surface area contributed by atoms with Crippen LogP contribution in [0.1, 0.15) is 184 Å². The van der Waals surface area contributed by atoms with Crippen LogP contribution in [0, 0.1) is 0 Å². The third-order valence-corrected chi connectivity index (χ3v) is 19.5. The van der Waals surface area contributed by atoms with E-state index in [0.29, 0.717) is 92.2 Å². The molecular weight excluding hydrogens is 1320 g/mol. The van der Waals surface area contributed by atoms with E-state index in [-0.39, 0.29) is 55.4 Å². The average Bonchev–Trinajstić information content (AvgIpc) is 1.74. The summed E-state index contributed by atoms with van der Waals surface area (Å²) in [4.78, 5) is 95.6. The summed E-state index contributed by atoms with van der Waals surface area (Å²) in [6.07, 6.45) is 15.7. The summed E-state index contributed by atoms with van der Waals surface area (Å²) in [6, 6.07) is 23.3. The van der Waals surface area contributed by atoms with Crippen LogP contribution in [-0.2, 0) is 45.0 Å². The van der Waals surface area contributed by atoms with Gasteiger partial charge in [-0.3, -0.25) is 9.59 Å². The number of likely N-dealkylation sites (tertiary alicyclic amines) is 2. The van der Waals surface area contributed by atoms with E-state index < -0.39 is 11.2 Å². The van der Waals surface area contributed by atoms with Crippen molar-refractivity contribution in [3.05, 3.63) is 119 Å². The van der Waals surface area contributed by atoms with Crippen LogP contribution in [0.4, 0.5) is 32.6 Å². The van der Waals surface area contributed by atoms with Gasteiger partial charge in [0.05, 0.1) is 36.8 Å². The predicted octanol–water partition coefficient (Wildman–Crippen LogP) is 14.3. The van der Waals surface area contributed by atoms with Gasteiger partial charge in [-0.15, -0.1) is 0 Å². The molecular formula is C75H100N16O8S2. The molecule has 4 saturated heterocycles. The predicted molar refractivity (Wildman–Crippen MR) is 400 cm³/mol. The Morgan fingerprint density at radius 1 is 0.525 bits per heavy atom. The smallest absolute Gasteiger partial charge is 0.410 e. The summed E-state index contributed by atoms with van der Waals surface area (Å²) in [6.45, 7) is 22.7. The van der Waals surface area contributed by atoms with Crippen molar-refractivity contribution in [2.75, 3.05) is 73.6 Å². The van der Waals surface area contributed by atoms with Crippen molar-refractivity contribution in [3.63, 3.8) is 0 Å². The summed E-state index contributed by atoms with van der Waals surface area (Å²) in [5, 5.41) is 21.5. The second-order valence-corrected chi connectivity index (χ2v) is 29.9. The van der Waals surface area contributed by atoms with Gasteiger partial charge >= 0.3 is 12.2 Å². The number of rotatable bonds is 22. The minimum absolute atomic E-state index is 0. The molecule has 540 valence electrons. The van der Waals surface area contributed by atoms with E-state index in [2.05, 4.69) is 71.8 Å². The van der Waals surface area contributed by atoms with Gasteiger partial charge in [0.15, 0.2) is 0 Å².